The van der Waals surface area contributed by atoms with Gasteiger partial charge in [-0.1, -0.05) is 12.1 Å². The van der Waals surface area contributed by atoms with E-state index in [0.717, 1.165) is 30.3 Å². The Bertz CT molecular complexity index is 509. The molecule has 0 spiro atoms. The van der Waals surface area contributed by atoms with Crippen molar-refractivity contribution in [3.8, 4) is 0 Å². The molecule has 0 saturated carbocycles. The van der Waals surface area contributed by atoms with Crippen molar-refractivity contribution in [1.82, 2.24) is 14.9 Å². The molecule has 3 heteroatoms. The van der Waals surface area contributed by atoms with Gasteiger partial charge in [-0.3, -0.25) is 0 Å². The van der Waals surface area contributed by atoms with E-state index in [1.165, 1.54) is 24.9 Å². The molecular formula is C14H19N3. The molecule has 1 aliphatic rings. The standard InChI is InChI=1S/C14H19N3/c1-11-16-13-6-2-3-7-14(13)17(11)10-12-5-4-8-15-9-12/h2-3,6-7,12,15H,4-5,8-10H2,1H3/t12-/m0/s1. The van der Waals surface area contributed by atoms with Crippen molar-refractivity contribution in [2.45, 2.75) is 26.3 Å². The quantitative estimate of drug-likeness (QED) is 0.856. The lowest BCUT2D eigenvalue weighted by atomic mass is 9.99. The molecule has 0 unspecified atom stereocenters. The van der Waals surface area contributed by atoms with Crippen molar-refractivity contribution < 1.29 is 0 Å². The van der Waals surface area contributed by atoms with E-state index in [4.69, 9.17) is 0 Å². The van der Waals surface area contributed by atoms with Crippen LogP contribution in [0.1, 0.15) is 18.7 Å². The van der Waals surface area contributed by atoms with Crippen LogP contribution in [0.4, 0.5) is 0 Å². The van der Waals surface area contributed by atoms with Gasteiger partial charge in [0, 0.05) is 6.54 Å². The molecule has 1 fully saturated rings. The molecule has 90 valence electrons. The molecule has 0 bridgehead atoms. The third kappa shape index (κ3) is 2.07. The van der Waals surface area contributed by atoms with E-state index in [0.29, 0.717) is 0 Å². The van der Waals surface area contributed by atoms with Crippen LogP contribution in [-0.2, 0) is 6.54 Å². The number of nitrogens with zero attached hydrogens (tertiary/aromatic N) is 2. The number of rotatable bonds is 2. The van der Waals surface area contributed by atoms with Crippen LogP contribution < -0.4 is 5.32 Å². The summed E-state index contributed by atoms with van der Waals surface area (Å²) >= 11 is 0. The maximum absolute atomic E-state index is 4.62. The highest BCUT2D eigenvalue weighted by Gasteiger charge is 2.16. The van der Waals surface area contributed by atoms with Crippen LogP contribution in [0.25, 0.3) is 11.0 Å². The molecule has 1 N–H and O–H groups in total. The van der Waals surface area contributed by atoms with E-state index in [1.807, 2.05) is 0 Å². The lowest BCUT2D eigenvalue weighted by Crippen LogP contribution is -2.32. The summed E-state index contributed by atoms with van der Waals surface area (Å²) in [6.07, 6.45) is 2.63. The van der Waals surface area contributed by atoms with Crippen LogP contribution in [0.5, 0.6) is 0 Å². The number of hydrogen-bond donors (Lipinski definition) is 1. The number of aromatic nitrogens is 2. The summed E-state index contributed by atoms with van der Waals surface area (Å²) in [6, 6.07) is 8.42. The monoisotopic (exact) mass is 229 g/mol. The van der Waals surface area contributed by atoms with Crippen molar-refractivity contribution >= 4 is 11.0 Å². The van der Waals surface area contributed by atoms with Crippen LogP contribution in [0, 0.1) is 12.8 Å². The van der Waals surface area contributed by atoms with E-state index in [-0.39, 0.29) is 0 Å². The van der Waals surface area contributed by atoms with E-state index in [2.05, 4.69) is 46.1 Å². The predicted octanol–water partition coefficient (Wildman–Crippen LogP) is 2.34. The van der Waals surface area contributed by atoms with Gasteiger partial charge in [0.05, 0.1) is 11.0 Å². The van der Waals surface area contributed by atoms with E-state index < -0.39 is 0 Å². The largest absolute Gasteiger partial charge is 0.328 e. The van der Waals surface area contributed by atoms with E-state index >= 15 is 0 Å². The van der Waals surface area contributed by atoms with Gasteiger partial charge in [0.1, 0.15) is 5.82 Å². The Morgan fingerprint density at radius 2 is 2.29 bits per heavy atom. The number of piperidine rings is 1. The van der Waals surface area contributed by atoms with Crippen LogP contribution in [0.15, 0.2) is 24.3 Å². The molecule has 3 nitrogen and oxygen atoms in total. The van der Waals surface area contributed by atoms with E-state index in [1.54, 1.807) is 0 Å². The zero-order valence-corrected chi connectivity index (χ0v) is 10.3. The summed E-state index contributed by atoms with van der Waals surface area (Å²) in [6.45, 7) is 5.53. The Morgan fingerprint density at radius 1 is 1.41 bits per heavy atom. The summed E-state index contributed by atoms with van der Waals surface area (Å²) in [5.41, 5.74) is 2.39. The molecule has 17 heavy (non-hydrogen) atoms. The number of imidazole rings is 1. The molecule has 1 aromatic carbocycles. The van der Waals surface area contributed by atoms with Gasteiger partial charge < -0.3 is 9.88 Å². The molecule has 0 radical (unpaired) electrons. The summed E-state index contributed by atoms with van der Waals surface area (Å²) in [5.74, 6) is 1.89. The molecule has 0 amide bonds. The van der Waals surface area contributed by atoms with Gasteiger partial charge in [0.25, 0.3) is 0 Å². The van der Waals surface area contributed by atoms with Gasteiger partial charge in [-0.2, -0.15) is 0 Å². The maximum Gasteiger partial charge on any atom is 0.106 e. The Labute approximate surface area is 102 Å². The third-order valence-corrected chi connectivity index (χ3v) is 3.69. The van der Waals surface area contributed by atoms with Crippen molar-refractivity contribution in [3.63, 3.8) is 0 Å². The van der Waals surface area contributed by atoms with Crippen LogP contribution >= 0.6 is 0 Å². The molecule has 2 heterocycles. The summed E-state index contributed by atoms with van der Waals surface area (Å²) in [4.78, 5) is 4.62. The number of hydrogen-bond acceptors (Lipinski definition) is 2. The Hall–Kier alpha value is -1.35. The zero-order valence-electron chi connectivity index (χ0n) is 10.3. The number of nitrogens with one attached hydrogen (secondary N) is 1. The Kier molecular flexibility index (Phi) is 2.85. The minimum absolute atomic E-state index is 0.750. The first-order valence-corrected chi connectivity index (χ1v) is 6.47. The SMILES string of the molecule is Cc1nc2ccccc2n1C[C@H]1CCCNC1. The fraction of sp³-hybridized carbons (Fsp3) is 0.500. The second kappa shape index (κ2) is 4.49. The molecule has 1 atom stereocenters. The molecular weight excluding hydrogens is 210 g/mol. The third-order valence-electron chi connectivity index (χ3n) is 3.69. The minimum atomic E-state index is 0.750. The van der Waals surface area contributed by atoms with Gasteiger partial charge in [-0.05, 0) is 50.9 Å². The average molecular weight is 229 g/mol. The predicted molar refractivity (Wildman–Crippen MR) is 70.1 cm³/mol. The first-order chi connectivity index (χ1) is 8.34. The highest BCUT2D eigenvalue weighted by molar-refractivity contribution is 5.75. The number of aryl methyl sites for hydroxylation is 1. The van der Waals surface area contributed by atoms with Crippen molar-refractivity contribution in [2.75, 3.05) is 13.1 Å². The molecule has 1 saturated heterocycles. The highest BCUT2D eigenvalue weighted by atomic mass is 15.1. The summed E-state index contributed by atoms with van der Waals surface area (Å²) < 4.78 is 2.37. The molecule has 2 aromatic rings. The lowest BCUT2D eigenvalue weighted by molar-refractivity contribution is 0.338. The average Bonchev–Trinajstić information content (AvgIpc) is 2.68. The normalized spacial score (nSPS) is 20.9. The summed E-state index contributed by atoms with van der Waals surface area (Å²) in [7, 11) is 0. The van der Waals surface area contributed by atoms with Gasteiger partial charge in [-0.15, -0.1) is 0 Å². The first kappa shape index (κ1) is 10.8. The number of fused-ring (bicyclic) bond motifs is 1. The van der Waals surface area contributed by atoms with Gasteiger partial charge in [0.2, 0.25) is 0 Å². The molecule has 1 aromatic heterocycles. The van der Waals surface area contributed by atoms with Crippen LogP contribution in [0.2, 0.25) is 0 Å². The van der Waals surface area contributed by atoms with Crippen molar-refractivity contribution in [1.29, 1.82) is 0 Å². The Balaban J connectivity index is 1.90. The smallest absolute Gasteiger partial charge is 0.106 e. The van der Waals surface area contributed by atoms with Crippen molar-refractivity contribution in [3.05, 3.63) is 30.1 Å². The second-order valence-electron chi connectivity index (χ2n) is 4.97. The second-order valence-corrected chi connectivity index (χ2v) is 4.97. The Morgan fingerprint density at radius 3 is 3.12 bits per heavy atom. The minimum Gasteiger partial charge on any atom is -0.328 e. The van der Waals surface area contributed by atoms with Gasteiger partial charge in [-0.25, -0.2) is 4.98 Å². The van der Waals surface area contributed by atoms with Crippen LogP contribution in [-0.4, -0.2) is 22.6 Å². The fourth-order valence-corrected chi connectivity index (χ4v) is 2.76. The molecule has 1 aliphatic heterocycles. The number of benzene rings is 1. The zero-order chi connectivity index (χ0) is 11.7. The van der Waals surface area contributed by atoms with E-state index in [9.17, 15) is 0 Å². The summed E-state index contributed by atoms with van der Waals surface area (Å²) in [5, 5.41) is 3.48. The lowest BCUT2D eigenvalue weighted by Gasteiger charge is -2.23. The molecule has 0 aliphatic carbocycles. The van der Waals surface area contributed by atoms with Crippen LogP contribution in [0.3, 0.4) is 0 Å². The topological polar surface area (TPSA) is 29.9 Å². The maximum atomic E-state index is 4.62. The first-order valence-electron chi connectivity index (χ1n) is 6.47. The number of para-hydroxylation sites is 2. The van der Waals surface area contributed by atoms with Crippen molar-refractivity contribution in [2.24, 2.45) is 5.92 Å². The fourth-order valence-electron chi connectivity index (χ4n) is 2.76. The van der Waals surface area contributed by atoms with Gasteiger partial charge in [0.15, 0.2) is 0 Å². The van der Waals surface area contributed by atoms with Gasteiger partial charge >= 0.3 is 0 Å². The highest BCUT2D eigenvalue weighted by Crippen LogP contribution is 2.19. The molecule has 3 rings (SSSR count).